The Bertz CT molecular complexity index is 278. The summed E-state index contributed by atoms with van der Waals surface area (Å²) in [6, 6.07) is 9.06. The molecule has 0 atom stereocenters. The molecule has 1 aliphatic heterocycles. The van der Waals surface area contributed by atoms with Crippen molar-refractivity contribution >= 4 is 42.9 Å². The van der Waals surface area contributed by atoms with Gasteiger partial charge in [-0.05, 0) is 0 Å². The minimum absolute atomic E-state index is 0.656. The van der Waals surface area contributed by atoms with E-state index in [9.17, 15) is 0 Å². The quantitative estimate of drug-likeness (QED) is 0.767. The van der Waals surface area contributed by atoms with E-state index in [-0.39, 0.29) is 0 Å². The molecule has 0 aromatic heterocycles. The van der Waals surface area contributed by atoms with Gasteiger partial charge in [-0.3, -0.25) is 0 Å². The molecule has 1 aliphatic rings. The number of hydrogen-bond donors (Lipinski definition) is 0. The van der Waals surface area contributed by atoms with Crippen molar-refractivity contribution in [3.63, 3.8) is 0 Å². The molecule has 76 valence electrons. The van der Waals surface area contributed by atoms with E-state index in [1.54, 1.807) is 4.46 Å². The van der Waals surface area contributed by atoms with Crippen LogP contribution in [-0.2, 0) is 0 Å². The van der Waals surface area contributed by atoms with Crippen LogP contribution in [0.3, 0.4) is 0 Å². The molecule has 2 rings (SSSR count). The second-order valence-corrected chi connectivity index (χ2v) is 9.86. The molecule has 3 heteroatoms. The van der Waals surface area contributed by atoms with Crippen LogP contribution in [0.4, 0.5) is 0 Å². The number of thioether (sulfide) groups is 2. The molecule has 0 spiro atoms. The van der Waals surface area contributed by atoms with E-state index in [0.717, 1.165) is 3.48 Å². The Labute approximate surface area is 101 Å². The molecule has 1 saturated heterocycles. The molecule has 0 nitrogen and oxygen atoms in total. The normalized spacial score (nSPS) is 18.4. The van der Waals surface area contributed by atoms with Gasteiger partial charge in [0.25, 0.3) is 0 Å². The van der Waals surface area contributed by atoms with Crippen molar-refractivity contribution in [2.75, 3.05) is 11.5 Å². The zero-order valence-electron chi connectivity index (χ0n) is 8.23. The predicted octanol–water partition coefficient (Wildman–Crippen LogP) is 2.48. The van der Waals surface area contributed by atoms with Gasteiger partial charge in [-0.1, -0.05) is 0 Å². The summed E-state index contributed by atoms with van der Waals surface area (Å²) in [6.45, 7) is 2.15. The first-order valence-corrected chi connectivity index (χ1v) is 8.75. The van der Waals surface area contributed by atoms with E-state index in [1.807, 2.05) is 0 Å². The molecule has 0 aliphatic carbocycles. The number of benzene rings is 1. The number of hydrogen-bond acceptors (Lipinski definition) is 2. The van der Waals surface area contributed by atoms with Crippen LogP contribution in [0.2, 0.25) is 0 Å². The third kappa shape index (κ3) is 3.23. The molecule has 1 aromatic carbocycles. The van der Waals surface area contributed by atoms with Crippen LogP contribution in [-0.4, -0.2) is 29.9 Å². The third-order valence-corrected chi connectivity index (χ3v) is 8.72. The zero-order valence-corrected chi connectivity index (χ0v) is 11.6. The Morgan fingerprint density at radius 2 is 1.79 bits per heavy atom. The summed E-state index contributed by atoms with van der Waals surface area (Å²) < 4.78 is 2.41. The number of rotatable bonds is 2. The monoisotopic (exact) mass is 290 g/mol. The first kappa shape index (κ1) is 10.9. The fourth-order valence-electron chi connectivity index (χ4n) is 1.26. The standard InChI is InChI=1S/C11H14S2Se/c1-9-3-5-10(6-4-9)14-11-12-7-2-8-13-11/h3-6,11H,2,7-8H2,1H3. The summed E-state index contributed by atoms with van der Waals surface area (Å²) >= 11 is 4.96. The van der Waals surface area contributed by atoms with Gasteiger partial charge in [0, 0.05) is 0 Å². The summed E-state index contributed by atoms with van der Waals surface area (Å²) in [5.74, 6) is 2.73. The van der Waals surface area contributed by atoms with Gasteiger partial charge in [0.2, 0.25) is 0 Å². The Balaban J connectivity index is 1.92. The first-order valence-electron chi connectivity index (χ1n) is 4.81. The van der Waals surface area contributed by atoms with E-state index in [2.05, 4.69) is 54.7 Å². The van der Waals surface area contributed by atoms with Crippen LogP contribution in [0.15, 0.2) is 24.3 Å². The molecule has 0 saturated carbocycles. The Kier molecular flexibility index (Phi) is 4.30. The van der Waals surface area contributed by atoms with Crippen molar-refractivity contribution in [1.29, 1.82) is 0 Å². The summed E-state index contributed by atoms with van der Waals surface area (Å²) in [7, 11) is 0. The van der Waals surface area contributed by atoms with E-state index < -0.39 is 0 Å². The van der Waals surface area contributed by atoms with Gasteiger partial charge < -0.3 is 0 Å². The van der Waals surface area contributed by atoms with Gasteiger partial charge in [0.1, 0.15) is 0 Å². The van der Waals surface area contributed by atoms with Crippen molar-refractivity contribution in [3.05, 3.63) is 29.8 Å². The van der Waals surface area contributed by atoms with Crippen LogP contribution < -0.4 is 4.46 Å². The molecule has 0 radical (unpaired) electrons. The molecule has 1 heterocycles. The van der Waals surface area contributed by atoms with Crippen LogP contribution in [0.25, 0.3) is 0 Å². The molecular formula is C11H14S2Se. The summed E-state index contributed by atoms with van der Waals surface area (Å²) in [6.07, 6.45) is 1.40. The molecule has 0 amide bonds. The van der Waals surface area contributed by atoms with Crippen LogP contribution in [0.5, 0.6) is 0 Å². The Hall–Kier alpha value is 0.439. The van der Waals surface area contributed by atoms with E-state index in [1.165, 1.54) is 23.5 Å². The van der Waals surface area contributed by atoms with Crippen molar-refractivity contribution in [3.8, 4) is 0 Å². The first-order chi connectivity index (χ1) is 6.84. The fraction of sp³-hybridized carbons (Fsp3) is 0.455. The molecule has 0 bridgehead atoms. The second-order valence-electron chi connectivity index (χ2n) is 3.31. The van der Waals surface area contributed by atoms with E-state index in [0.29, 0.717) is 15.0 Å². The van der Waals surface area contributed by atoms with Gasteiger partial charge >= 0.3 is 101 Å². The van der Waals surface area contributed by atoms with Gasteiger partial charge in [-0.2, -0.15) is 0 Å². The van der Waals surface area contributed by atoms with Gasteiger partial charge in [-0.15, -0.1) is 0 Å². The molecular weight excluding hydrogens is 275 g/mol. The maximum absolute atomic E-state index is 2.30. The molecule has 1 aromatic rings. The maximum atomic E-state index is 2.30. The van der Waals surface area contributed by atoms with Crippen molar-refractivity contribution in [2.24, 2.45) is 0 Å². The SMILES string of the molecule is Cc1ccc([Se]C2SCCCS2)cc1. The van der Waals surface area contributed by atoms with Crippen LogP contribution in [0.1, 0.15) is 12.0 Å². The Morgan fingerprint density at radius 3 is 2.43 bits per heavy atom. The zero-order chi connectivity index (χ0) is 9.80. The average molecular weight is 289 g/mol. The average Bonchev–Trinajstić information content (AvgIpc) is 2.23. The van der Waals surface area contributed by atoms with Crippen molar-refractivity contribution in [1.82, 2.24) is 0 Å². The fourth-order valence-corrected chi connectivity index (χ4v) is 7.85. The van der Waals surface area contributed by atoms with Gasteiger partial charge in [0.15, 0.2) is 0 Å². The van der Waals surface area contributed by atoms with Crippen molar-refractivity contribution in [2.45, 2.75) is 16.8 Å². The van der Waals surface area contributed by atoms with Crippen LogP contribution >= 0.6 is 23.5 Å². The van der Waals surface area contributed by atoms with Gasteiger partial charge in [0.05, 0.1) is 0 Å². The van der Waals surface area contributed by atoms with E-state index >= 15 is 0 Å². The summed E-state index contributed by atoms with van der Waals surface area (Å²) in [5.41, 5.74) is 1.37. The van der Waals surface area contributed by atoms with Gasteiger partial charge in [-0.25, -0.2) is 0 Å². The topological polar surface area (TPSA) is 0 Å². The Morgan fingerprint density at radius 1 is 1.14 bits per heavy atom. The number of aryl methyl sites for hydroxylation is 1. The molecule has 14 heavy (non-hydrogen) atoms. The molecule has 0 N–H and O–H groups in total. The summed E-state index contributed by atoms with van der Waals surface area (Å²) in [4.78, 5) is 0. The minimum atomic E-state index is 0.656. The van der Waals surface area contributed by atoms with Crippen LogP contribution in [0, 0.1) is 6.92 Å². The second kappa shape index (κ2) is 5.50. The van der Waals surface area contributed by atoms with Crippen molar-refractivity contribution < 1.29 is 0 Å². The molecule has 0 unspecified atom stereocenters. The third-order valence-electron chi connectivity index (χ3n) is 2.05. The predicted molar refractivity (Wildman–Crippen MR) is 69.9 cm³/mol. The van der Waals surface area contributed by atoms with E-state index in [4.69, 9.17) is 0 Å². The summed E-state index contributed by atoms with van der Waals surface area (Å²) in [5, 5.41) is 0. The molecule has 1 fully saturated rings.